The Morgan fingerprint density at radius 2 is 2.17 bits per heavy atom. The van der Waals surface area contributed by atoms with Crippen LogP contribution in [-0.2, 0) is 16.1 Å². The van der Waals surface area contributed by atoms with E-state index < -0.39 is 17.7 Å². The fraction of sp³-hybridized carbons (Fsp3) is 0.500. The van der Waals surface area contributed by atoms with Crippen molar-refractivity contribution in [1.29, 1.82) is 0 Å². The van der Waals surface area contributed by atoms with Crippen molar-refractivity contribution >= 4 is 11.8 Å². The van der Waals surface area contributed by atoms with Crippen LogP contribution in [0.2, 0.25) is 0 Å². The van der Waals surface area contributed by atoms with Crippen LogP contribution in [0.5, 0.6) is 0 Å². The van der Waals surface area contributed by atoms with E-state index in [4.69, 9.17) is 5.11 Å². The van der Waals surface area contributed by atoms with Crippen LogP contribution in [0.3, 0.4) is 0 Å². The summed E-state index contributed by atoms with van der Waals surface area (Å²) in [4.78, 5) is 27.4. The lowest BCUT2D eigenvalue weighted by molar-refractivity contribution is -0.138. The van der Waals surface area contributed by atoms with Gasteiger partial charge in [0, 0.05) is 33.2 Å². The standard InChI is InChI=1S/C16H21F2N3O3/c1-20(6-7-22)15(23)9-14-16(24)19-4-5-21(14)10-11-2-3-12(17)13(18)8-11/h2-3,8,14,22H,4-7,9-10H2,1H3,(H,19,24)/t14-/m1/s1. The van der Waals surface area contributed by atoms with Crippen LogP contribution in [0.25, 0.3) is 0 Å². The quantitative estimate of drug-likeness (QED) is 0.770. The number of aliphatic hydroxyl groups excluding tert-OH is 1. The third-order valence-electron chi connectivity index (χ3n) is 4.04. The Morgan fingerprint density at radius 3 is 2.83 bits per heavy atom. The van der Waals surface area contributed by atoms with Gasteiger partial charge in [0.1, 0.15) is 0 Å². The summed E-state index contributed by atoms with van der Waals surface area (Å²) in [7, 11) is 1.55. The molecular weight excluding hydrogens is 320 g/mol. The maximum atomic E-state index is 13.4. The van der Waals surface area contributed by atoms with E-state index in [2.05, 4.69) is 5.32 Å². The number of carbonyl (C=O) groups excluding carboxylic acids is 2. The Labute approximate surface area is 139 Å². The molecular formula is C16H21F2N3O3. The van der Waals surface area contributed by atoms with E-state index in [1.165, 1.54) is 11.0 Å². The number of hydrogen-bond donors (Lipinski definition) is 2. The lowest BCUT2D eigenvalue weighted by Gasteiger charge is -2.35. The lowest BCUT2D eigenvalue weighted by atomic mass is 10.1. The molecule has 8 heteroatoms. The van der Waals surface area contributed by atoms with E-state index in [1.54, 1.807) is 11.9 Å². The summed E-state index contributed by atoms with van der Waals surface area (Å²) >= 11 is 0. The van der Waals surface area contributed by atoms with E-state index in [1.807, 2.05) is 0 Å². The van der Waals surface area contributed by atoms with E-state index in [0.29, 0.717) is 18.7 Å². The molecule has 0 bridgehead atoms. The molecule has 0 spiro atoms. The topological polar surface area (TPSA) is 72.9 Å². The van der Waals surface area contributed by atoms with Gasteiger partial charge < -0.3 is 15.3 Å². The second-order valence-electron chi connectivity index (χ2n) is 5.77. The van der Waals surface area contributed by atoms with Gasteiger partial charge in [-0.1, -0.05) is 6.07 Å². The summed E-state index contributed by atoms with van der Waals surface area (Å²) in [6, 6.07) is 2.92. The third-order valence-corrected chi connectivity index (χ3v) is 4.04. The zero-order valence-electron chi connectivity index (χ0n) is 13.5. The van der Waals surface area contributed by atoms with E-state index in [0.717, 1.165) is 12.1 Å². The van der Waals surface area contributed by atoms with Crippen LogP contribution in [0.1, 0.15) is 12.0 Å². The minimum absolute atomic E-state index is 0.0357. The summed E-state index contributed by atoms with van der Waals surface area (Å²) in [5.41, 5.74) is 0.532. The van der Waals surface area contributed by atoms with Gasteiger partial charge >= 0.3 is 0 Å². The first-order valence-corrected chi connectivity index (χ1v) is 7.73. The van der Waals surface area contributed by atoms with Crippen molar-refractivity contribution in [3.63, 3.8) is 0 Å². The first-order chi connectivity index (χ1) is 11.4. The molecule has 0 saturated carbocycles. The summed E-state index contributed by atoms with van der Waals surface area (Å²) in [5.74, 6) is -2.40. The van der Waals surface area contributed by atoms with Gasteiger partial charge in [0.15, 0.2) is 11.6 Å². The smallest absolute Gasteiger partial charge is 0.237 e. The van der Waals surface area contributed by atoms with Gasteiger partial charge in [-0.25, -0.2) is 8.78 Å². The molecule has 0 unspecified atom stereocenters. The number of nitrogens with one attached hydrogen (secondary N) is 1. The number of amides is 2. The van der Waals surface area contributed by atoms with E-state index >= 15 is 0 Å². The van der Waals surface area contributed by atoms with E-state index in [-0.39, 0.29) is 37.9 Å². The number of piperazine rings is 1. The van der Waals surface area contributed by atoms with Crippen molar-refractivity contribution in [3.05, 3.63) is 35.4 Å². The van der Waals surface area contributed by atoms with Crippen LogP contribution < -0.4 is 5.32 Å². The molecule has 24 heavy (non-hydrogen) atoms. The Bertz CT molecular complexity index is 612. The Kier molecular flexibility index (Phi) is 6.22. The molecule has 1 aromatic rings. The molecule has 6 nitrogen and oxygen atoms in total. The third kappa shape index (κ3) is 4.48. The highest BCUT2D eigenvalue weighted by atomic mass is 19.2. The number of carbonyl (C=O) groups is 2. The van der Waals surface area contributed by atoms with Crippen molar-refractivity contribution < 1.29 is 23.5 Å². The molecule has 2 amide bonds. The fourth-order valence-electron chi connectivity index (χ4n) is 2.64. The van der Waals surface area contributed by atoms with Gasteiger partial charge in [-0.15, -0.1) is 0 Å². The van der Waals surface area contributed by atoms with Crippen molar-refractivity contribution in [2.24, 2.45) is 0 Å². The van der Waals surface area contributed by atoms with Crippen LogP contribution in [0.4, 0.5) is 8.78 Å². The highest BCUT2D eigenvalue weighted by Gasteiger charge is 2.32. The highest BCUT2D eigenvalue weighted by molar-refractivity contribution is 5.88. The Hall–Kier alpha value is -2.06. The molecule has 1 fully saturated rings. The molecule has 0 aromatic heterocycles. The van der Waals surface area contributed by atoms with E-state index in [9.17, 15) is 18.4 Å². The summed E-state index contributed by atoms with van der Waals surface area (Å²) in [6.45, 7) is 1.21. The second-order valence-corrected chi connectivity index (χ2v) is 5.77. The van der Waals surface area contributed by atoms with Gasteiger partial charge in [0.25, 0.3) is 0 Å². The number of benzene rings is 1. The molecule has 0 aliphatic carbocycles. The average molecular weight is 341 g/mol. The van der Waals surface area contributed by atoms with Crippen molar-refractivity contribution in [3.8, 4) is 0 Å². The molecule has 1 atom stereocenters. The molecule has 1 heterocycles. The van der Waals surface area contributed by atoms with Crippen LogP contribution >= 0.6 is 0 Å². The average Bonchev–Trinajstić information content (AvgIpc) is 2.54. The van der Waals surface area contributed by atoms with Crippen LogP contribution in [0.15, 0.2) is 18.2 Å². The molecule has 1 aliphatic heterocycles. The van der Waals surface area contributed by atoms with Gasteiger partial charge in [0.05, 0.1) is 19.1 Å². The predicted octanol–water partition coefficient (Wildman–Crippen LogP) is 0.106. The fourth-order valence-corrected chi connectivity index (χ4v) is 2.64. The normalized spacial score (nSPS) is 18.3. The molecule has 2 N–H and O–H groups in total. The molecule has 1 aromatic carbocycles. The SMILES string of the molecule is CN(CCO)C(=O)C[C@@H]1C(=O)NCCN1Cc1ccc(F)c(F)c1. The largest absolute Gasteiger partial charge is 0.395 e. The molecule has 0 radical (unpaired) electrons. The summed E-state index contributed by atoms with van der Waals surface area (Å²) < 4.78 is 26.4. The number of nitrogens with zero attached hydrogens (tertiary/aromatic N) is 2. The van der Waals surface area contributed by atoms with Crippen molar-refractivity contribution in [2.45, 2.75) is 19.0 Å². The van der Waals surface area contributed by atoms with Gasteiger partial charge in [0.2, 0.25) is 11.8 Å². The molecule has 1 saturated heterocycles. The minimum Gasteiger partial charge on any atom is -0.395 e. The first-order valence-electron chi connectivity index (χ1n) is 7.73. The maximum absolute atomic E-state index is 13.4. The number of aliphatic hydroxyl groups is 1. The predicted molar refractivity (Wildman–Crippen MR) is 82.9 cm³/mol. The van der Waals surface area contributed by atoms with Crippen LogP contribution in [0, 0.1) is 11.6 Å². The number of hydrogen-bond acceptors (Lipinski definition) is 4. The Balaban J connectivity index is 2.09. The molecule has 2 rings (SSSR count). The van der Waals surface area contributed by atoms with Crippen molar-refractivity contribution in [1.82, 2.24) is 15.1 Å². The zero-order valence-corrected chi connectivity index (χ0v) is 13.5. The molecule has 132 valence electrons. The monoisotopic (exact) mass is 341 g/mol. The number of likely N-dealkylation sites (N-methyl/N-ethyl adjacent to an activating group) is 1. The highest BCUT2D eigenvalue weighted by Crippen LogP contribution is 2.16. The van der Waals surface area contributed by atoms with Gasteiger partial charge in [-0.3, -0.25) is 14.5 Å². The van der Waals surface area contributed by atoms with Crippen LogP contribution in [-0.4, -0.2) is 66.1 Å². The van der Waals surface area contributed by atoms with Gasteiger partial charge in [-0.2, -0.15) is 0 Å². The van der Waals surface area contributed by atoms with Gasteiger partial charge in [-0.05, 0) is 17.7 Å². The number of rotatable bonds is 6. The summed E-state index contributed by atoms with van der Waals surface area (Å²) in [6.07, 6.45) is -0.0357. The zero-order chi connectivity index (χ0) is 17.7. The lowest BCUT2D eigenvalue weighted by Crippen LogP contribution is -2.56. The molecule has 1 aliphatic rings. The number of halogens is 2. The maximum Gasteiger partial charge on any atom is 0.237 e. The summed E-state index contributed by atoms with van der Waals surface area (Å²) in [5, 5.41) is 11.6. The first kappa shape index (κ1) is 18.3. The minimum atomic E-state index is -0.940. The van der Waals surface area contributed by atoms with Crippen molar-refractivity contribution in [2.75, 3.05) is 33.3 Å². The Morgan fingerprint density at radius 1 is 1.42 bits per heavy atom. The second kappa shape index (κ2) is 8.16.